The Hall–Kier alpha value is -2.32. The molecule has 0 spiro atoms. The third kappa shape index (κ3) is 5.36. The zero-order valence-corrected chi connectivity index (χ0v) is 16.8. The van der Waals surface area contributed by atoms with Gasteiger partial charge >= 0.3 is 0 Å². The van der Waals surface area contributed by atoms with Crippen LogP contribution in [0.2, 0.25) is 10.0 Å². The number of carbonyl (C=O) groups excluding carboxylic acids is 2. The average Bonchev–Trinajstić information content (AvgIpc) is 3.10. The Kier molecular flexibility index (Phi) is 6.74. The molecule has 10 heteroatoms. The van der Waals surface area contributed by atoms with Gasteiger partial charge in [-0.15, -0.1) is 0 Å². The van der Waals surface area contributed by atoms with Crippen LogP contribution in [0, 0.1) is 12.8 Å². The van der Waals surface area contributed by atoms with E-state index in [0.717, 1.165) is 0 Å². The van der Waals surface area contributed by atoms with Gasteiger partial charge in [-0.25, -0.2) is 0 Å². The summed E-state index contributed by atoms with van der Waals surface area (Å²) >= 11 is 11.9. The van der Waals surface area contributed by atoms with Gasteiger partial charge in [0, 0.05) is 24.0 Å². The minimum Gasteiger partial charge on any atom is -0.482 e. The molecule has 1 aromatic carbocycles. The lowest BCUT2D eigenvalue weighted by atomic mass is 9.96. The second-order valence-corrected chi connectivity index (χ2v) is 7.32. The van der Waals surface area contributed by atoms with Crippen molar-refractivity contribution in [2.24, 2.45) is 5.92 Å². The summed E-state index contributed by atoms with van der Waals surface area (Å²) in [5.74, 6) is 0.928. The maximum absolute atomic E-state index is 12.3. The molecule has 0 atom stereocenters. The maximum atomic E-state index is 12.3. The van der Waals surface area contributed by atoms with Crippen molar-refractivity contribution < 1.29 is 18.8 Å². The fourth-order valence-electron chi connectivity index (χ4n) is 2.93. The molecule has 3 rings (SSSR count). The van der Waals surface area contributed by atoms with Crippen LogP contribution in [0.4, 0.5) is 0 Å². The summed E-state index contributed by atoms with van der Waals surface area (Å²) in [7, 11) is 0. The number of nitrogens with zero attached hydrogens (tertiary/aromatic N) is 3. The van der Waals surface area contributed by atoms with E-state index in [-0.39, 0.29) is 30.9 Å². The van der Waals surface area contributed by atoms with Crippen molar-refractivity contribution in [3.8, 4) is 5.75 Å². The number of halogens is 2. The summed E-state index contributed by atoms with van der Waals surface area (Å²) in [6.45, 7) is 2.79. The second-order valence-electron chi connectivity index (χ2n) is 6.47. The molecule has 0 bridgehead atoms. The third-order valence-electron chi connectivity index (χ3n) is 4.45. The highest BCUT2D eigenvalue weighted by Crippen LogP contribution is 2.27. The topological polar surface area (TPSA) is 97.6 Å². The van der Waals surface area contributed by atoms with Crippen LogP contribution in [0.1, 0.15) is 24.6 Å². The smallest absolute Gasteiger partial charge is 0.260 e. The van der Waals surface area contributed by atoms with E-state index in [2.05, 4.69) is 15.5 Å². The number of hydrogen-bond donors (Lipinski definition) is 1. The van der Waals surface area contributed by atoms with Gasteiger partial charge in [-0.3, -0.25) is 9.59 Å². The molecule has 0 saturated carbocycles. The van der Waals surface area contributed by atoms with Crippen molar-refractivity contribution in [2.45, 2.75) is 26.3 Å². The Morgan fingerprint density at radius 3 is 2.71 bits per heavy atom. The minimum absolute atomic E-state index is 0.0767. The van der Waals surface area contributed by atoms with Crippen LogP contribution in [0.25, 0.3) is 0 Å². The standard InChI is InChI=1S/C18H20Cl2N4O4/c1-11-22-16(28-23-11)9-21-18(26)12-4-6-24(7-5-12)17(25)10-27-15-3-2-13(19)8-14(15)20/h2-3,8,12H,4-7,9-10H2,1H3,(H,21,26). The van der Waals surface area contributed by atoms with Gasteiger partial charge < -0.3 is 19.5 Å². The SMILES string of the molecule is Cc1noc(CNC(=O)C2CCN(C(=O)COc3ccc(Cl)cc3Cl)CC2)n1. The summed E-state index contributed by atoms with van der Waals surface area (Å²) in [4.78, 5) is 30.4. The Morgan fingerprint density at radius 2 is 2.07 bits per heavy atom. The van der Waals surface area contributed by atoms with Crippen LogP contribution in [0.15, 0.2) is 22.7 Å². The van der Waals surface area contributed by atoms with Crippen LogP contribution in [0.5, 0.6) is 5.75 Å². The molecule has 1 aromatic heterocycles. The first-order chi connectivity index (χ1) is 13.4. The lowest BCUT2D eigenvalue weighted by Crippen LogP contribution is -2.44. The molecule has 8 nitrogen and oxygen atoms in total. The normalized spacial score (nSPS) is 14.8. The van der Waals surface area contributed by atoms with E-state index < -0.39 is 0 Å². The molecule has 0 aliphatic carbocycles. The fraction of sp³-hybridized carbons (Fsp3) is 0.444. The van der Waals surface area contributed by atoms with Crippen molar-refractivity contribution in [2.75, 3.05) is 19.7 Å². The molecule has 1 aliphatic heterocycles. The lowest BCUT2D eigenvalue weighted by Gasteiger charge is -2.31. The second kappa shape index (κ2) is 9.25. The highest BCUT2D eigenvalue weighted by Gasteiger charge is 2.27. The van der Waals surface area contributed by atoms with E-state index in [4.69, 9.17) is 32.5 Å². The molecule has 0 unspecified atom stereocenters. The molecular formula is C18H20Cl2N4O4. The molecule has 0 radical (unpaired) electrons. The molecule has 1 aliphatic rings. The van der Waals surface area contributed by atoms with Crippen LogP contribution >= 0.6 is 23.2 Å². The Bertz CT molecular complexity index is 850. The average molecular weight is 427 g/mol. The summed E-state index contributed by atoms with van der Waals surface area (Å²) in [5, 5.41) is 7.32. The van der Waals surface area contributed by atoms with E-state index >= 15 is 0 Å². The summed E-state index contributed by atoms with van der Waals surface area (Å²) in [6.07, 6.45) is 1.17. The lowest BCUT2D eigenvalue weighted by molar-refractivity contribution is -0.137. The van der Waals surface area contributed by atoms with Gasteiger partial charge in [-0.1, -0.05) is 28.4 Å². The number of benzene rings is 1. The van der Waals surface area contributed by atoms with Crippen molar-refractivity contribution in [1.82, 2.24) is 20.4 Å². The van der Waals surface area contributed by atoms with Crippen molar-refractivity contribution >= 4 is 35.0 Å². The van der Waals surface area contributed by atoms with Crippen LogP contribution in [-0.2, 0) is 16.1 Å². The minimum atomic E-state index is -0.153. The Balaban J connectivity index is 1.41. The first-order valence-electron chi connectivity index (χ1n) is 8.85. The van der Waals surface area contributed by atoms with E-state index in [9.17, 15) is 9.59 Å². The molecule has 1 N–H and O–H groups in total. The quantitative estimate of drug-likeness (QED) is 0.761. The molecule has 2 amide bonds. The molecule has 150 valence electrons. The fourth-order valence-corrected chi connectivity index (χ4v) is 3.40. The predicted octanol–water partition coefficient (Wildman–Crippen LogP) is 2.62. The number of likely N-dealkylation sites (tertiary alicyclic amines) is 1. The maximum Gasteiger partial charge on any atom is 0.260 e. The van der Waals surface area contributed by atoms with E-state index in [0.29, 0.717) is 53.4 Å². The van der Waals surface area contributed by atoms with Gasteiger partial charge in [-0.2, -0.15) is 4.98 Å². The van der Waals surface area contributed by atoms with Crippen molar-refractivity contribution in [3.05, 3.63) is 40.0 Å². The summed E-state index contributed by atoms with van der Waals surface area (Å²) < 4.78 is 10.5. The number of rotatable bonds is 6. The molecule has 1 saturated heterocycles. The van der Waals surface area contributed by atoms with Crippen LogP contribution in [-0.4, -0.2) is 46.6 Å². The van der Waals surface area contributed by atoms with E-state index in [1.165, 1.54) is 0 Å². The molecule has 1 fully saturated rings. The summed E-state index contributed by atoms with van der Waals surface area (Å²) in [5.41, 5.74) is 0. The molecule has 28 heavy (non-hydrogen) atoms. The molecular weight excluding hydrogens is 407 g/mol. The van der Waals surface area contributed by atoms with E-state index in [1.54, 1.807) is 30.0 Å². The number of carbonyl (C=O) groups is 2. The van der Waals surface area contributed by atoms with Crippen LogP contribution < -0.4 is 10.1 Å². The number of nitrogens with one attached hydrogen (secondary N) is 1. The Morgan fingerprint density at radius 1 is 1.32 bits per heavy atom. The van der Waals surface area contributed by atoms with Gasteiger partial charge in [0.15, 0.2) is 12.4 Å². The number of hydrogen-bond acceptors (Lipinski definition) is 6. The monoisotopic (exact) mass is 426 g/mol. The predicted molar refractivity (Wildman–Crippen MR) is 102 cm³/mol. The zero-order chi connectivity index (χ0) is 20.1. The highest BCUT2D eigenvalue weighted by atomic mass is 35.5. The first kappa shape index (κ1) is 20.4. The van der Waals surface area contributed by atoms with Gasteiger partial charge in [0.1, 0.15) is 5.75 Å². The number of aromatic nitrogens is 2. The largest absolute Gasteiger partial charge is 0.482 e. The van der Waals surface area contributed by atoms with E-state index in [1.807, 2.05) is 0 Å². The van der Waals surface area contributed by atoms with Gasteiger partial charge in [0.25, 0.3) is 5.91 Å². The van der Waals surface area contributed by atoms with Crippen LogP contribution in [0.3, 0.4) is 0 Å². The summed E-state index contributed by atoms with van der Waals surface area (Å²) in [6, 6.07) is 4.83. The van der Waals surface area contributed by atoms with Crippen molar-refractivity contribution in [1.29, 1.82) is 0 Å². The van der Waals surface area contributed by atoms with Gasteiger partial charge in [-0.05, 0) is 38.0 Å². The third-order valence-corrected chi connectivity index (χ3v) is 4.98. The number of piperidine rings is 1. The van der Waals surface area contributed by atoms with Gasteiger partial charge in [0.2, 0.25) is 11.8 Å². The zero-order valence-electron chi connectivity index (χ0n) is 15.3. The number of ether oxygens (including phenoxy) is 1. The number of amides is 2. The van der Waals surface area contributed by atoms with Crippen molar-refractivity contribution in [3.63, 3.8) is 0 Å². The molecule has 2 heterocycles. The number of aryl methyl sites for hydroxylation is 1. The Labute approximate surface area is 172 Å². The molecule has 2 aromatic rings. The highest BCUT2D eigenvalue weighted by molar-refractivity contribution is 6.35. The van der Waals surface area contributed by atoms with Gasteiger partial charge in [0.05, 0.1) is 11.6 Å². The first-order valence-corrected chi connectivity index (χ1v) is 9.60.